The maximum atomic E-state index is 12.8. The minimum absolute atomic E-state index is 0.0311. The molecule has 0 saturated heterocycles. The summed E-state index contributed by atoms with van der Waals surface area (Å²) in [7, 11) is -4.06. The fourth-order valence-electron chi connectivity index (χ4n) is 3.21. The number of hydrogen-bond acceptors (Lipinski definition) is 4. The maximum Gasteiger partial charge on any atom is 0.340 e. The average Bonchev–Trinajstić information content (AvgIpc) is 2.64. The van der Waals surface area contributed by atoms with E-state index in [1.807, 2.05) is 32.6 Å². The highest BCUT2D eigenvalue weighted by Gasteiger charge is 2.25. The predicted octanol–water partition coefficient (Wildman–Crippen LogP) is 5.98. The summed E-state index contributed by atoms with van der Waals surface area (Å²) in [6, 6.07) is 11.7. The van der Waals surface area contributed by atoms with Gasteiger partial charge in [-0.15, -0.1) is 0 Å². The molecule has 0 saturated carbocycles. The van der Waals surface area contributed by atoms with Gasteiger partial charge < -0.3 is 9.08 Å². The molecule has 0 bridgehead atoms. The molecule has 2 aromatic carbocycles. The molecule has 2 rings (SSSR count). The standard InChI is InChI=1S/C24H32ClNO4S/c1-7-18(3)26(22(27)15-24(4,5)6)16-19-11-13-20(14-12-19)30-31(28,29)23-17(2)9-8-10-21(23)25/h8-14,18H,7,15-16H2,1-6H3/t18-/m0/s1. The van der Waals surface area contributed by atoms with Crippen LogP contribution in [0, 0.1) is 12.3 Å². The highest BCUT2D eigenvalue weighted by molar-refractivity contribution is 7.87. The minimum Gasteiger partial charge on any atom is -0.379 e. The third-order valence-electron chi connectivity index (χ3n) is 5.02. The summed E-state index contributed by atoms with van der Waals surface area (Å²) in [6.45, 7) is 12.4. The van der Waals surface area contributed by atoms with E-state index in [0.29, 0.717) is 18.5 Å². The van der Waals surface area contributed by atoms with E-state index in [4.69, 9.17) is 15.8 Å². The lowest BCUT2D eigenvalue weighted by Crippen LogP contribution is -2.39. The molecule has 1 atom stereocenters. The van der Waals surface area contributed by atoms with E-state index in [2.05, 4.69) is 6.92 Å². The summed E-state index contributed by atoms with van der Waals surface area (Å²) in [6.07, 6.45) is 1.32. The van der Waals surface area contributed by atoms with Crippen LogP contribution in [-0.2, 0) is 21.5 Å². The lowest BCUT2D eigenvalue weighted by Gasteiger charge is -2.31. The molecule has 0 heterocycles. The molecular formula is C24H32ClNO4S. The monoisotopic (exact) mass is 465 g/mol. The first-order valence-electron chi connectivity index (χ1n) is 10.4. The average molecular weight is 466 g/mol. The Morgan fingerprint density at radius 1 is 1.13 bits per heavy atom. The molecule has 0 aliphatic carbocycles. The Kier molecular flexibility index (Phi) is 8.17. The Bertz CT molecular complexity index is 991. The van der Waals surface area contributed by atoms with Gasteiger partial charge in [0.15, 0.2) is 0 Å². The Morgan fingerprint density at radius 3 is 2.26 bits per heavy atom. The van der Waals surface area contributed by atoms with Crippen molar-refractivity contribution in [1.29, 1.82) is 0 Å². The van der Waals surface area contributed by atoms with Crippen molar-refractivity contribution >= 4 is 27.6 Å². The first kappa shape index (κ1) is 25.2. The number of benzene rings is 2. The number of halogens is 1. The molecule has 0 spiro atoms. The van der Waals surface area contributed by atoms with Crippen LogP contribution in [0.5, 0.6) is 5.75 Å². The van der Waals surface area contributed by atoms with E-state index < -0.39 is 10.1 Å². The Labute approximate surface area is 191 Å². The van der Waals surface area contributed by atoms with Crippen molar-refractivity contribution in [2.24, 2.45) is 5.41 Å². The van der Waals surface area contributed by atoms with Crippen LogP contribution in [0.2, 0.25) is 5.02 Å². The van der Waals surface area contributed by atoms with Crippen molar-refractivity contribution in [2.45, 2.75) is 71.9 Å². The second-order valence-corrected chi connectivity index (χ2v) is 11.0. The third kappa shape index (κ3) is 6.97. The number of nitrogens with zero attached hydrogens (tertiary/aromatic N) is 1. The third-order valence-corrected chi connectivity index (χ3v) is 6.90. The lowest BCUT2D eigenvalue weighted by molar-refractivity contribution is -0.135. The minimum atomic E-state index is -4.06. The molecule has 7 heteroatoms. The van der Waals surface area contributed by atoms with Crippen molar-refractivity contribution < 1.29 is 17.4 Å². The zero-order chi connectivity index (χ0) is 23.4. The molecular weight excluding hydrogens is 434 g/mol. The van der Waals surface area contributed by atoms with Gasteiger partial charge in [-0.2, -0.15) is 8.42 Å². The van der Waals surface area contributed by atoms with Crippen molar-refractivity contribution in [1.82, 2.24) is 4.90 Å². The van der Waals surface area contributed by atoms with E-state index >= 15 is 0 Å². The summed E-state index contributed by atoms with van der Waals surface area (Å²) in [5.41, 5.74) is 1.33. The molecule has 0 unspecified atom stereocenters. The van der Waals surface area contributed by atoms with Crippen LogP contribution in [0.3, 0.4) is 0 Å². The van der Waals surface area contributed by atoms with Crippen LogP contribution in [-0.4, -0.2) is 25.3 Å². The van der Waals surface area contributed by atoms with Gasteiger partial charge in [-0.25, -0.2) is 0 Å². The van der Waals surface area contributed by atoms with Crippen molar-refractivity contribution in [3.05, 3.63) is 58.6 Å². The normalized spacial score (nSPS) is 13.0. The molecule has 0 N–H and O–H groups in total. The van der Waals surface area contributed by atoms with Crippen LogP contribution in [0.15, 0.2) is 47.4 Å². The SMILES string of the molecule is CC[C@H](C)N(Cc1ccc(OS(=O)(=O)c2c(C)cccc2Cl)cc1)C(=O)CC(C)(C)C. The number of carbonyl (C=O) groups is 1. The highest BCUT2D eigenvalue weighted by Crippen LogP contribution is 2.28. The molecule has 0 fully saturated rings. The first-order chi connectivity index (χ1) is 14.3. The van der Waals surface area contributed by atoms with Crippen molar-refractivity contribution in [3.8, 4) is 5.75 Å². The van der Waals surface area contributed by atoms with Crippen LogP contribution in [0.25, 0.3) is 0 Å². The van der Waals surface area contributed by atoms with E-state index in [1.54, 1.807) is 43.3 Å². The molecule has 0 radical (unpaired) electrons. The number of hydrogen-bond donors (Lipinski definition) is 0. The highest BCUT2D eigenvalue weighted by atomic mass is 35.5. The van der Waals surface area contributed by atoms with Gasteiger partial charge in [-0.05, 0) is 55.0 Å². The predicted molar refractivity (Wildman–Crippen MR) is 125 cm³/mol. The lowest BCUT2D eigenvalue weighted by atomic mass is 9.91. The Hall–Kier alpha value is -2.05. The molecule has 0 aromatic heterocycles. The van der Waals surface area contributed by atoms with Gasteiger partial charge in [0, 0.05) is 19.0 Å². The topological polar surface area (TPSA) is 63.7 Å². The van der Waals surface area contributed by atoms with Crippen LogP contribution in [0.4, 0.5) is 0 Å². The fraction of sp³-hybridized carbons (Fsp3) is 0.458. The quantitative estimate of drug-likeness (QED) is 0.450. The molecule has 2 aromatic rings. The largest absolute Gasteiger partial charge is 0.379 e. The van der Waals surface area contributed by atoms with E-state index in [-0.39, 0.29) is 33.0 Å². The van der Waals surface area contributed by atoms with Gasteiger partial charge in [-0.3, -0.25) is 4.79 Å². The molecule has 1 amide bonds. The van der Waals surface area contributed by atoms with E-state index in [0.717, 1.165) is 12.0 Å². The fourth-order valence-corrected chi connectivity index (χ4v) is 4.94. The second kappa shape index (κ2) is 10.0. The summed E-state index contributed by atoms with van der Waals surface area (Å²) in [5, 5.41) is 0.123. The first-order valence-corrected chi connectivity index (χ1v) is 12.2. The van der Waals surface area contributed by atoms with Gasteiger partial charge in [0.05, 0.1) is 5.02 Å². The van der Waals surface area contributed by atoms with Gasteiger partial charge in [0.1, 0.15) is 10.6 Å². The van der Waals surface area contributed by atoms with Gasteiger partial charge in [-0.1, -0.05) is 63.6 Å². The molecule has 170 valence electrons. The Morgan fingerprint density at radius 2 is 1.74 bits per heavy atom. The van der Waals surface area contributed by atoms with Crippen LogP contribution in [0.1, 0.15) is 58.6 Å². The van der Waals surface area contributed by atoms with Gasteiger partial charge in [0.2, 0.25) is 5.91 Å². The van der Waals surface area contributed by atoms with E-state index in [9.17, 15) is 13.2 Å². The smallest absolute Gasteiger partial charge is 0.340 e. The molecule has 0 aliphatic heterocycles. The summed E-state index contributed by atoms with van der Waals surface area (Å²) in [4.78, 5) is 14.7. The molecule has 0 aliphatic rings. The van der Waals surface area contributed by atoms with Crippen molar-refractivity contribution in [3.63, 3.8) is 0 Å². The second-order valence-electron chi connectivity index (χ2n) is 9.08. The number of aryl methyl sites for hydroxylation is 1. The van der Waals surface area contributed by atoms with Gasteiger partial charge in [0.25, 0.3) is 0 Å². The van der Waals surface area contributed by atoms with Crippen LogP contribution >= 0.6 is 11.6 Å². The summed E-state index contributed by atoms with van der Waals surface area (Å²) >= 11 is 6.08. The Balaban J connectivity index is 2.19. The number of amides is 1. The summed E-state index contributed by atoms with van der Waals surface area (Å²) in [5.74, 6) is 0.304. The van der Waals surface area contributed by atoms with Gasteiger partial charge >= 0.3 is 10.1 Å². The van der Waals surface area contributed by atoms with Crippen molar-refractivity contribution in [2.75, 3.05) is 0 Å². The number of carbonyl (C=O) groups excluding carboxylic acids is 1. The molecule has 5 nitrogen and oxygen atoms in total. The zero-order valence-electron chi connectivity index (χ0n) is 19.1. The van der Waals surface area contributed by atoms with E-state index in [1.165, 1.54) is 6.07 Å². The zero-order valence-corrected chi connectivity index (χ0v) is 20.7. The summed E-state index contributed by atoms with van der Waals surface area (Å²) < 4.78 is 30.7. The van der Waals surface area contributed by atoms with Crippen LogP contribution < -0.4 is 4.18 Å². The maximum absolute atomic E-state index is 12.8. The molecule has 31 heavy (non-hydrogen) atoms. The number of rotatable bonds is 8.